The van der Waals surface area contributed by atoms with Gasteiger partial charge in [0, 0.05) is 17.8 Å². The Morgan fingerprint density at radius 3 is 2.21 bits per heavy atom. The van der Waals surface area contributed by atoms with Crippen LogP contribution in [-0.4, -0.2) is 31.5 Å². The van der Waals surface area contributed by atoms with Crippen molar-refractivity contribution in [2.45, 2.75) is 44.8 Å². The van der Waals surface area contributed by atoms with Crippen molar-refractivity contribution >= 4 is 5.69 Å². The van der Waals surface area contributed by atoms with E-state index < -0.39 is 0 Å². The van der Waals surface area contributed by atoms with E-state index in [1.165, 1.54) is 0 Å². The quantitative estimate of drug-likeness (QED) is 0.879. The minimum atomic E-state index is -0.121. The minimum Gasteiger partial charge on any atom is -0.493 e. The molecule has 2 rings (SSSR count). The van der Waals surface area contributed by atoms with Crippen molar-refractivity contribution in [1.29, 1.82) is 0 Å². The van der Waals surface area contributed by atoms with Gasteiger partial charge in [-0.1, -0.05) is 0 Å². The van der Waals surface area contributed by atoms with Crippen LogP contribution in [0, 0.1) is 6.92 Å². The number of aryl methyl sites for hydroxylation is 1. The molecule has 0 unspecified atom stereocenters. The van der Waals surface area contributed by atoms with Crippen molar-refractivity contribution in [1.82, 2.24) is 0 Å². The van der Waals surface area contributed by atoms with E-state index in [1.54, 1.807) is 14.2 Å². The Hall–Kier alpha value is -1.42. The molecule has 0 amide bonds. The number of aliphatic hydroxyl groups is 1. The molecule has 0 atom stereocenters. The highest BCUT2D eigenvalue weighted by molar-refractivity contribution is 5.60. The van der Waals surface area contributed by atoms with Gasteiger partial charge in [-0.2, -0.15) is 0 Å². The summed E-state index contributed by atoms with van der Waals surface area (Å²) < 4.78 is 10.6. The van der Waals surface area contributed by atoms with Gasteiger partial charge in [0.25, 0.3) is 0 Å². The number of rotatable bonds is 4. The van der Waals surface area contributed by atoms with E-state index in [0.29, 0.717) is 6.04 Å². The predicted octanol–water partition coefficient (Wildman–Crippen LogP) is 2.73. The van der Waals surface area contributed by atoms with Gasteiger partial charge in [0.15, 0.2) is 11.5 Å². The number of hydrogen-bond acceptors (Lipinski definition) is 4. The van der Waals surface area contributed by atoms with Crippen molar-refractivity contribution in [2.24, 2.45) is 0 Å². The van der Waals surface area contributed by atoms with E-state index in [2.05, 4.69) is 12.2 Å². The molecule has 0 bridgehead atoms. The van der Waals surface area contributed by atoms with Crippen molar-refractivity contribution in [2.75, 3.05) is 19.5 Å². The zero-order valence-corrected chi connectivity index (χ0v) is 11.9. The Morgan fingerprint density at radius 2 is 1.63 bits per heavy atom. The fourth-order valence-electron chi connectivity index (χ4n) is 2.58. The Bertz CT molecular complexity index is 426. The van der Waals surface area contributed by atoms with Gasteiger partial charge >= 0.3 is 0 Å². The average Bonchev–Trinajstić information content (AvgIpc) is 2.43. The molecule has 1 saturated carbocycles. The molecule has 1 fully saturated rings. The summed E-state index contributed by atoms with van der Waals surface area (Å²) in [5.74, 6) is 1.50. The molecule has 0 heterocycles. The number of nitrogens with one attached hydrogen (secondary N) is 1. The fourth-order valence-corrected chi connectivity index (χ4v) is 2.58. The largest absolute Gasteiger partial charge is 0.493 e. The monoisotopic (exact) mass is 265 g/mol. The van der Waals surface area contributed by atoms with E-state index >= 15 is 0 Å². The van der Waals surface area contributed by atoms with Crippen molar-refractivity contribution < 1.29 is 14.6 Å². The molecule has 0 aromatic heterocycles. The molecule has 19 heavy (non-hydrogen) atoms. The van der Waals surface area contributed by atoms with Crippen molar-refractivity contribution in [3.63, 3.8) is 0 Å². The highest BCUT2D eigenvalue weighted by Gasteiger charge is 2.20. The second-order valence-electron chi connectivity index (χ2n) is 5.17. The predicted molar refractivity (Wildman–Crippen MR) is 76.2 cm³/mol. The highest BCUT2D eigenvalue weighted by atomic mass is 16.5. The molecule has 1 aliphatic carbocycles. The van der Waals surface area contributed by atoms with E-state index in [0.717, 1.165) is 48.4 Å². The Labute approximate surface area is 114 Å². The molecule has 1 aromatic carbocycles. The molecule has 0 radical (unpaired) electrons. The third kappa shape index (κ3) is 3.32. The molecule has 2 N–H and O–H groups in total. The summed E-state index contributed by atoms with van der Waals surface area (Å²) >= 11 is 0. The summed E-state index contributed by atoms with van der Waals surface area (Å²) in [6, 6.07) is 4.40. The molecule has 1 aliphatic rings. The molecule has 0 aliphatic heterocycles. The lowest BCUT2D eigenvalue weighted by Gasteiger charge is -2.28. The van der Waals surface area contributed by atoms with Crippen LogP contribution in [0.1, 0.15) is 31.2 Å². The number of ether oxygens (including phenoxy) is 2. The topological polar surface area (TPSA) is 50.7 Å². The molecular weight excluding hydrogens is 242 g/mol. The van der Waals surface area contributed by atoms with E-state index in [1.807, 2.05) is 12.1 Å². The summed E-state index contributed by atoms with van der Waals surface area (Å²) in [5.41, 5.74) is 2.22. The SMILES string of the molecule is COc1cc(C)c(NC2CCC(O)CC2)cc1OC. The molecule has 106 valence electrons. The molecule has 0 saturated heterocycles. The van der Waals surface area contributed by atoms with Gasteiger partial charge < -0.3 is 19.9 Å². The first kappa shape index (κ1) is 14.0. The van der Waals surface area contributed by atoms with Gasteiger partial charge in [0.05, 0.1) is 20.3 Å². The van der Waals surface area contributed by atoms with Crippen LogP contribution >= 0.6 is 0 Å². The van der Waals surface area contributed by atoms with Gasteiger partial charge in [-0.15, -0.1) is 0 Å². The lowest BCUT2D eigenvalue weighted by atomic mass is 9.93. The number of anilines is 1. The Balaban J connectivity index is 2.11. The first-order valence-corrected chi connectivity index (χ1v) is 6.81. The maximum atomic E-state index is 9.53. The van der Waals surface area contributed by atoms with Gasteiger partial charge in [0.2, 0.25) is 0 Å². The van der Waals surface area contributed by atoms with Crippen LogP contribution in [0.3, 0.4) is 0 Å². The number of hydrogen-bond donors (Lipinski definition) is 2. The standard InChI is InChI=1S/C15H23NO3/c1-10-8-14(18-2)15(19-3)9-13(10)16-11-4-6-12(17)7-5-11/h8-9,11-12,16-17H,4-7H2,1-3H3. The molecule has 1 aromatic rings. The van der Waals surface area contributed by atoms with Gasteiger partial charge in [-0.25, -0.2) is 0 Å². The third-order valence-electron chi connectivity index (χ3n) is 3.79. The maximum absolute atomic E-state index is 9.53. The molecule has 0 spiro atoms. The highest BCUT2D eigenvalue weighted by Crippen LogP contribution is 2.34. The van der Waals surface area contributed by atoms with Gasteiger partial charge in [0.1, 0.15) is 0 Å². The third-order valence-corrected chi connectivity index (χ3v) is 3.79. The smallest absolute Gasteiger partial charge is 0.162 e. The fraction of sp³-hybridized carbons (Fsp3) is 0.600. The lowest BCUT2D eigenvalue weighted by molar-refractivity contribution is 0.126. The van der Waals surface area contributed by atoms with E-state index in [-0.39, 0.29) is 6.10 Å². The van der Waals surface area contributed by atoms with Crippen LogP contribution < -0.4 is 14.8 Å². The van der Waals surface area contributed by atoms with Crippen LogP contribution in [0.5, 0.6) is 11.5 Å². The Kier molecular flexibility index (Phi) is 4.53. The second-order valence-corrected chi connectivity index (χ2v) is 5.17. The zero-order valence-electron chi connectivity index (χ0n) is 11.9. The van der Waals surface area contributed by atoms with Crippen molar-refractivity contribution in [3.8, 4) is 11.5 Å². The minimum absolute atomic E-state index is 0.121. The zero-order chi connectivity index (χ0) is 13.8. The Morgan fingerprint density at radius 1 is 1.05 bits per heavy atom. The number of benzene rings is 1. The molecule has 4 nitrogen and oxygen atoms in total. The van der Waals surface area contributed by atoms with Crippen LogP contribution in [0.25, 0.3) is 0 Å². The summed E-state index contributed by atoms with van der Waals surface area (Å²) in [6.45, 7) is 2.06. The first-order chi connectivity index (χ1) is 9.13. The first-order valence-electron chi connectivity index (χ1n) is 6.81. The number of aliphatic hydroxyl groups excluding tert-OH is 1. The maximum Gasteiger partial charge on any atom is 0.162 e. The van der Waals surface area contributed by atoms with Crippen molar-refractivity contribution in [3.05, 3.63) is 17.7 Å². The summed E-state index contributed by atoms with van der Waals surface area (Å²) in [7, 11) is 3.29. The second kappa shape index (κ2) is 6.15. The van der Waals surface area contributed by atoms with Gasteiger partial charge in [-0.3, -0.25) is 0 Å². The lowest BCUT2D eigenvalue weighted by Crippen LogP contribution is -2.28. The molecule has 4 heteroatoms. The van der Waals surface area contributed by atoms with E-state index in [4.69, 9.17) is 9.47 Å². The summed E-state index contributed by atoms with van der Waals surface area (Å²) in [4.78, 5) is 0. The summed E-state index contributed by atoms with van der Waals surface area (Å²) in [6.07, 6.45) is 3.65. The van der Waals surface area contributed by atoms with Crippen LogP contribution in [0.4, 0.5) is 5.69 Å². The van der Waals surface area contributed by atoms with E-state index in [9.17, 15) is 5.11 Å². The van der Waals surface area contributed by atoms with Crippen LogP contribution in [0.2, 0.25) is 0 Å². The molecular formula is C15H23NO3. The number of methoxy groups -OCH3 is 2. The van der Waals surface area contributed by atoms with Crippen LogP contribution in [-0.2, 0) is 0 Å². The average molecular weight is 265 g/mol. The van der Waals surface area contributed by atoms with Crippen LogP contribution in [0.15, 0.2) is 12.1 Å². The normalized spacial score (nSPS) is 22.9. The van der Waals surface area contributed by atoms with Gasteiger partial charge in [-0.05, 0) is 44.2 Å². The summed E-state index contributed by atoms with van der Waals surface area (Å²) in [5, 5.41) is 13.1.